The van der Waals surface area contributed by atoms with E-state index in [-0.39, 0.29) is 17.8 Å². The van der Waals surface area contributed by atoms with Gasteiger partial charge in [0.2, 0.25) is 0 Å². The first-order valence-electron chi connectivity index (χ1n) is 7.39. The summed E-state index contributed by atoms with van der Waals surface area (Å²) in [5.41, 5.74) is 10.9. The van der Waals surface area contributed by atoms with E-state index in [1.807, 2.05) is 13.8 Å². The number of nitrogens with zero attached hydrogens (tertiary/aromatic N) is 4. The van der Waals surface area contributed by atoms with Crippen molar-refractivity contribution in [1.82, 2.24) is 5.32 Å². The maximum atomic E-state index is 8.64. The van der Waals surface area contributed by atoms with Gasteiger partial charge >= 0.3 is 0 Å². The van der Waals surface area contributed by atoms with Gasteiger partial charge < -0.3 is 10.6 Å². The molecule has 1 aromatic carbocycles. The molecule has 1 aliphatic heterocycles. The summed E-state index contributed by atoms with van der Waals surface area (Å²) in [5, 5.41) is 9.84. The molecule has 19 heavy (non-hydrogen) atoms. The molecule has 0 bridgehead atoms. The SMILES string of the molecule is [3H]c1c(CC)c(NC2=NCCN2)c(CC)c([3H])c1N=[N+]=[N-]. The Kier molecular flexibility index (Phi) is 3.44. The van der Waals surface area contributed by atoms with Crippen LogP contribution in [0.15, 0.2) is 22.2 Å². The van der Waals surface area contributed by atoms with Crippen molar-refractivity contribution in [2.24, 2.45) is 10.1 Å². The van der Waals surface area contributed by atoms with E-state index in [0.29, 0.717) is 25.3 Å². The number of hydrogen-bond acceptors (Lipinski definition) is 4. The summed E-state index contributed by atoms with van der Waals surface area (Å²) in [7, 11) is 0. The van der Waals surface area contributed by atoms with Gasteiger partial charge in [-0.2, -0.15) is 0 Å². The molecule has 0 saturated heterocycles. The van der Waals surface area contributed by atoms with E-state index in [9.17, 15) is 0 Å². The van der Waals surface area contributed by atoms with Crippen LogP contribution < -0.4 is 10.6 Å². The number of benzene rings is 1. The number of rotatable bonds is 4. The normalized spacial score (nSPS) is 14.9. The fraction of sp³-hybridized carbons (Fsp3) is 0.462. The van der Waals surface area contributed by atoms with E-state index in [1.54, 1.807) is 0 Å². The van der Waals surface area contributed by atoms with Crippen molar-refractivity contribution in [2.75, 3.05) is 18.4 Å². The van der Waals surface area contributed by atoms with Crippen molar-refractivity contribution in [3.63, 3.8) is 0 Å². The molecule has 1 aromatic rings. The summed E-state index contributed by atoms with van der Waals surface area (Å²) >= 11 is 0. The minimum Gasteiger partial charge on any atom is -0.354 e. The summed E-state index contributed by atoms with van der Waals surface area (Å²) in [6.07, 6.45) is 1.21. The van der Waals surface area contributed by atoms with Crippen LogP contribution in [-0.2, 0) is 12.8 Å². The second-order valence-corrected chi connectivity index (χ2v) is 4.11. The molecule has 100 valence electrons. The van der Waals surface area contributed by atoms with Crippen LogP contribution in [0.5, 0.6) is 0 Å². The molecule has 0 saturated carbocycles. The summed E-state index contributed by atoms with van der Waals surface area (Å²) in [5.74, 6) is 0.662. The van der Waals surface area contributed by atoms with Crippen LogP contribution in [-0.4, -0.2) is 19.0 Å². The molecular formula is C13H18N6. The van der Waals surface area contributed by atoms with Crippen LogP contribution in [0.3, 0.4) is 0 Å². The van der Waals surface area contributed by atoms with Gasteiger partial charge in [-0.3, -0.25) is 4.99 Å². The predicted octanol–water partition coefficient (Wildman–Crippen LogP) is 3.12. The number of guanidine groups is 1. The van der Waals surface area contributed by atoms with E-state index in [4.69, 9.17) is 8.27 Å². The molecule has 1 aliphatic rings. The highest BCUT2D eigenvalue weighted by molar-refractivity contribution is 5.96. The third kappa shape index (κ3) is 2.98. The highest BCUT2D eigenvalue weighted by Gasteiger charge is 2.12. The Balaban J connectivity index is 2.63. The predicted molar refractivity (Wildman–Crippen MR) is 77.9 cm³/mol. The van der Waals surface area contributed by atoms with Crippen molar-refractivity contribution < 1.29 is 2.74 Å². The molecule has 0 spiro atoms. The summed E-state index contributed by atoms with van der Waals surface area (Å²) in [6, 6.07) is 0.220. The van der Waals surface area contributed by atoms with Gasteiger partial charge in [0.25, 0.3) is 0 Å². The van der Waals surface area contributed by atoms with Gasteiger partial charge in [-0.1, -0.05) is 19.0 Å². The Morgan fingerprint density at radius 3 is 2.63 bits per heavy atom. The smallest absolute Gasteiger partial charge is 0.195 e. The van der Waals surface area contributed by atoms with Gasteiger partial charge in [-0.05, 0) is 41.6 Å². The van der Waals surface area contributed by atoms with Crippen molar-refractivity contribution >= 4 is 17.3 Å². The Hall–Kier alpha value is -2.20. The van der Waals surface area contributed by atoms with Gasteiger partial charge in [0.1, 0.15) is 0 Å². The molecule has 0 fully saturated rings. The van der Waals surface area contributed by atoms with E-state index >= 15 is 0 Å². The Bertz CT molecular complexity index is 603. The second kappa shape index (κ2) is 6.11. The molecular weight excluding hydrogens is 240 g/mol. The number of azide groups is 1. The van der Waals surface area contributed by atoms with Gasteiger partial charge in [0.15, 0.2) is 5.96 Å². The minimum atomic E-state index is 0.0954. The lowest BCUT2D eigenvalue weighted by Gasteiger charge is -2.16. The van der Waals surface area contributed by atoms with Crippen molar-refractivity contribution in [2.45, 2.75) is 26.7 Å². The fourth-order valence-corrected chi connectivity index (χ4v) is 2.00. The zero-order chi connectivity index (χ0) is 15.4. The van der Waals surface area contributed by atoms with Gasteiger partial charge in [0, 0.05) is 22.8 Å². The number of hydrogen-bond donors (Lipinski definition) is 2. The molecule has 0 amide bonds. The van der Waals surface area contributed by atoms with Gasteiger partial charge in [-0.15, -0.1) is 0 Å². The van der Waals surface area contributed by atoms with Gasteiger partial charge in [0.05, 0.1) is 9.29 Å². The standard InChI is InChI=1S/C13H18N6/c1-3-9-7-11(18-19-14)8-10(4-2)12(9)17-13-15-5-6-16-13/h7-8H,3-6H2,1-2H3,(H2,15,16,17)/i7T,8T. The van der Waals surface area contributed by atoms with Crippen LogP contribution >= 0.6 is 0 Å². The molecule has 6 heteroatoms. The molecule has 0 radical (unpaired) electrons. The minimum absolute atomic E-state index is 0.0954. The molecule has 2 N–H and O–H groups in total. The lowest BCUT2D eigenvalue weighted by Crippen LogP contribution is -2.27. The first-order chi connectivity index (χ1) is 10.1. The molecule has 0 aromatic heterocycles. The monoisotopic (exact) mass is 262 g/mol. The van der Waals surface area contributed by atoms with Crippen molar-refractivity contribution in [1.29, 1.82) is 0 Å². The Labute approximate surface area is 115 Å². The maximum Gasteiger partial charge on any atom is 0.195 e. The van der Waals surface area contributed by atoms with Crippen molar-refractivity contribution in [3.05, 3.63) is 33.7 Å². The highest BCUT2D eigenvalue weighted by Crippen LogP contribution is 2.29. The Morgan fingerprint density at radius 2 is 2.16 bits per heavy atom. The molecule has 6 nitrogen and oxygen atoms in total. The fourth-order valence-electron chi connectivity index (χ4n) is 2.00. The van der Waals surface area contributed by atoms with Crippen LogP contribution in [0.4, 0.5) is 11.4 Å². The van der Waals surface area contributed by atoms with E-state index < -0.39 is 0 Å². The van der Waals surface area contributed by atoms with E-state index in [2.05, 4.69) is 25.7 Å². The zero-order valence-electron chi connectivity index (χ0n) is 13.1. The summed E-state index contributed by atoms with van der Waals surface area (Å²) in [6.45, 7) is 5.36. The summed E-state index contributed by atoms with van der Waals surface area (Å²) < 4.78 is 16.4. The maximum absolute atomic E-state index is 8.64. The Morgan fingerprint density at radius 1 is 1.47 bits per heavy atom. The van der Waals surface area contributed by atoms with Crippen LogP contribution in [0.1, 0.15) is 27.7 Å². The lowest BCUT2D eigenvalue weighted by molar-refractivity contribution is 0.958. The van der Waals surface area contributed by atoms with Gasteiger partial charge in [-0.25, -0.2) is 0 Å². The summed E-state index contributed by atoms with van der Waals surface area (Å²) in [4.78, 5) is 7.03. The topological polar surface area (TPSA) is 85.2 Å². The average molecular weight is 262 g/mol. The van der Waals surface area contributed by atoms with E-state index in [0.717, 1.165) is 23.4 Å². The number of anilines is 1. The molecule has 0 aliphatic carbocycles. The van der Waals surface area contributed by atoms with E-state index in [1.165, 1.54) is 0 Å². The third-order valence-corrected chi connectivity index (χ3v) is 2.91. The van der Waals surface area contributed by atoms with Crippen molar-refractivity contribution in [3.8, 4) is 0 Å². The quantitative estimate of drug-likeness (QED) is 0.496. The van der Waals surface area contributed by atoms with Crippen LogP contribution in [0.25, 0.3) is 10.4 Å². The number of aliphatic imine (C=N–C) groups is 1. The average Bonchev–Trinajstić information content (AvgIpc) is 2.97. The lowest BCUT2D eigenvalue weighted by atomic mass is 10.0. The first-order valence-corrected chi connectivity index (χ1v) is 6.39. The molecule has 0 atom stereocenters. The molecule has 0 unspecified atom stereocenters. The zero-order valence-corrected chi connectivity index (χ0v) is 11.1. The molecule has 2 rings (SSSR count). The third-order valence-electron chi connectivity index (χ3n) is 2.91. The second-order valence-electron chi connectivity index (χ2n) is 4.11. The van der Waals surface area contributed by atoms with Crippen LogP contribution in [0, 0.1) is 0 Å². The largest absolute Gasteiger partial charge is 0.354 e. The first kappa shape index (κ1) is 10.7. The van der Waals surface area contributed by atoms with Crippen LogP contribution in [0.2, 0.25) is 0 Å². The number of nitrogens with one attached hydrogen (secondary N) is 2. The molecule has 1 heterocycles. The highest BCUT2D eigenvalue weighted by atomic mass is 15.2.